The Labute approximate surface area is 77.2 Å². The molecule has 0 aromatic carbocycles. The molecule has 0 unspecified atom stereocenters. The molecule has 0 N–H and O–H groups in total. The van der Waals surface area contributed by atoms with Crippen LogP contribution in [0.1, 0.15) is 47.0 Å². The SMILES string of the molecule is CC(C)C(C)(C)CCCCS. The second kappa shape index (κ2) is 5.08. The smallest absolute Gasteiger partial charge is 0.00979 e. The van der Waals surface area contributed by atoms with Crippen LogP contribution < -0.4 is 0 Å². The average molecular weight is 174 g/mol. The van der Waals surface area contributed by atoms with E-state index in [9.17, 15) is 0 Å². The van der Waals surface area contributed by atoms with Crippen molar-refractivity contribution in [2.24, 2.45) is 11.3 Å². The molecule has 0 rings (SSSR count). The molecule has 0 saturated heterocycles. The zero-order valence-corrected chi connectivity index (χ0v) is 9.25. The predicted molar refractivity (Wildman–Crippen MR) is 56.3 cm³/mol. The Kier molecular flexibility index (Phi) is 5.24. The van der Waals surface area contributed by atoms with E-state index in [-0.39, 0.29) is 0 Å². The highest BCUT2D eigenvalue weighted by atomic mass is 32.1. The second-order valence-corrected chi connectivity index (χ2v) is 4.77. The highest BCUT2D eigenvalue weighted by Crippen LogP contribution is 2.31. The summed E-state index contributed by atoms with van der Waals surface area (Å²) in [5, 5.41) is 0. The fourth-order valence-electron chi connectivity index (χ4n) is 0.981. The third kappa shape index (κ3) is 4.73. The maximum atomic E-state index is 4.20. The largest absolute Gasteiger partial charge is 0.179 e. The van der Waals surface area contributed by atoms with Crippen molar-refractivity contribution in [1.29, 1.82) is 0 Å². The lowest BCUT2D eigenvalue weighted by Gasteiger charge is -2.29. The molecule has 0 saturated carbocycles. The van der Waals surface area contributed by atoms with Crippen LogP contribution in [0.15, 0.2) is 0 Å². The fourth-order valence-corrected chi connectivity index (χ4v) is 1.20. The third-order valence-electron chi connectivity index (χ3n) is 2.79. The Hall–Kier alpha value is 0.350. The molecule has 0 amide bonds. The molecule has 0 aromatic rings. The standard InChI is InChI=1S/C10H22S/c1-9(2)10(3,4)7-5-6-8-11/h9,11H,5-8H2,1-4H3. The van der Waals surface area contributed by atoms with Gasteiger partial charge >= 0.3 is 0 Å². The zero-order chi connectivity index (χ0) is 8.91. The van der Waals surface area contributed by atoms with E-state index in [1.807, 2.05) is 0 Å². The summed E-state index contributed by atoms with van der Waals surface area (Å²) < 4.78 is 0. The van der Waals surface area contributed by atoms with Gasteiger partial charge in [-0.05, 0) is 29.9 Å². The monoisotopic (exact) mass is 174 g/mol. The summed E-state index contributed by atoms with van der Waals surface area (Å²) in [6.07, 6.45) is 3.93. The molecular formula is C10H22S. The van der Waals surface area contributed by atoms with Crippen molar-refractivity contribution in [3.05, 3.63) is 0 Å². The lowest BCUT2D eigenvalue weighted by atomic mass is 9.77. The molecule has 0 aliphatic heterocycles. The van der Waals surface area contributed by atoms with Crippen molar-refractivity contribution in [3.63, 3.8) is 0 Å². The van der Waals surface area contributed by atoms with Crippen LogP contribution in [0.25, 0.3) is 0 Å². The molecule has 0 nitrogen and oxygen atoms in total. The summed E-state index contributed by atoms with van der Waals surface area (Å²) in [7, 11) is 0. The van der Waals surface area contributed by atoms with Crippen LogP contribution in [0.2, 0.25) is 0 Å². The predicted octanol–water partition coefficient (Wildman–Crippen LogP) is 3.77. The van der Waals surface area contributed by atoms with Crippen molar-refractivity contribution < 1.29 is 0 Å². The Morgan fingerprint density at radius 1 is 1.18 bits per heavy atom. The Morgan fingerprint density at radius 2 is 1.73 bits per heavy atom. The van der Waals surface area contributed by atoms with Gasteiger partial charge in [-0.3, -0.25) is 0 Å². The maximum Gasteiger partial charge on any atom is -0.00979 e. The minimum atomic E-state index is 0.517. The molecule has 0 aliphatic carbocycles. The molecule has 0 spiro atoms. The van der Waals surface area contributed by atoms with Crippen LogP contribution in [0.5, 0.6) is 0 Å². The van der Waals surface area contributed by atoms with Gasteiger partial charge in [-0.1, -0.05) is 34.1 Å². The molecule has 0 heterocycles. The molecule has 11 heavy (non-hydrogen) atoms. The molecule has 1 heteroatoms. The molecule has 0 atom stereocenters. The number of unbranched alkanes of at least 4 members (excludes halogenated alkanes) is 1. The van der Waals surface area contributed by atoms with Gasteiger partial charge in [0.1, 0.15) is 0 Å². The Bertz CT molecular complexity index is 95.0. The van der Waals surface area contributed by atoms with Crippen LogP contribution in [-0.2, 0) is 0 Å². The molecule has 0 aromatic heterocycles. The van der Waals surface area contributed by atoms with Gasteiger partial charge in [-0.15, -0.1) is 0 Å². The minimum absolute atomic E-state index is 0.517. The molecule has 0 bridgehead atoms. The second-order valence-electron chi connectivity index (χ2n) is 4.32. The van der Waals surface area contributed by atoms with E-state index in [0.29, 0.717) is 5.41 Å². The van der Waals surface area contributed by atoms with Crippen LogP contribution >= 0.6 is 12.6 Å². The van der Waals surface area contributed by atoms with Gasteiger partial charge in [0.2, 0.25) is 0 Å². The molecule has 0 fully saturated rings. The Balaban J connectivity index is 3.55. The molecule has 0 radical (unpaired) electrons. The summed E-state index contributed by atoms with van der Waals surface area (Å²) in [6.45, 7) is 9.33. The number of rotatable bonds is 5. The van der Waals surface area contributed by atoms with Gasteiger partial charge in [0.15, 0.2) is 0 Å². The number of hydrogen-bond acceptors (Lipinski definition) is 1. The van der Waals surface area contributed by atoms with Crippen LogP contribution in [0.3, 0.4) is 0 Å². The molecule has 0 aliphatic rings. The first-order valence-electron chi connectivity index (χ1n) is 4.61. The number of thiol groups is 1. The Morgan fingerprint density at radius 3 is 2.09 bits per heavy atom. The first kappa shape index (κ1) is 11.4. The first-order chi connectivity index (χ1) is 5.00. The van der Waals surface area contributed by atoms with Crippen LogP contribution in [0, 0.1) is 11.3 Å². The van der Waals surface area contributed by atoms with E-state index >= 15 is 0 Å². The van der Waals surface area contributed by atoms with Gasteiger partial charge in [0.25, 0.3) is 0 Å². The number of hydrogen-bond donors (Lipinski definition) is 1. The van der Waals surface area contributed by atoms with E-state index in [0.717, 1.165) is 11.7 Å². The van der Waals surface area contributed by atoms with Crippen molar-refractivity contribution in [3.8, 4) is 0 Å². The highest BCUT2D eigenvalue weighted by Gasteiger charge is 2.20. The first-order valence-corrected chi connectivity index (χ1v) is 5.25. The summed E-state index contributed by atoms with van der Waals surface area (Å²) >= 11 is 4.20. The van der Waals surface area contributed by atoms with Gasteiger partial charge in [0.05, 0.1) is 0 Å². The summed E-state index contributed by atoms with van der Waals surface area (Å²) in [5.74, 6) is 1.83. The lowest BCUT2D eigenvalue weighted by Crippen LogP contribution is -2.18. The maximum absolute atomic E-state index is 4.20. The van der Waals surface area contributed by atoms with E-state index in [1.165, 1.54) is 19.3 Å². The van der Waals surface area contributed by atoms with Crippen molar-refractivity contribution in [2.45, 2.75) is 47.0 Å². The van der Waals surface area contributed by atoms with Gasteiger partial charge in [0, 0.05) is 0 Å². The fraction of sp³-hybridized carbons (Fsp3) is 1.00. The van der Waals surface area contributed by atoms with E-state index in [2.05, 4.69) is 40.3 Å². The average Bonchev–Trinajstić information content (AvgIpc) is 1.88. The molecular weight excluding hydrogens is 152 g/mol. The van der Waals surface area contributed by atoms with Crippen molar-refractivity contribution >= 4 is 12.6 Å². The third-order valence-corrected chi connectivity index (χ3v) is 3.11. The topological polar surface area (TPSA) is 0 Å². The van der Waals surface area contributed by atoms with E-state index in [1.54, 1.807) is 0 Å². The van der Waals surface area contributed by atoms with E-state index < -0.39 is 0 Å². The van der Waals surface area contributed by atoms with Crippen molar-refractivity contribution in [2.75, 3.05) is 5.75 Å². The highest BCUT2D eigenvalue weighted by molar-refractivity contribution is 7.80. The quantitative estimate of drug-likeness (QED) is 0.476. The summed E-state index contributed by atoms with van der Waals surface area (Å²) in [5.41, 5.74) is 0.517. The molecule has 68 valence electrons. The zero-order valence-electron chi connectivity index (χ0n) is 8.35. The minimum Gasteiger partial charge on any atom is -0.179 e. The van der Waals surface area contributed by atoms with Gasteiger partial charge in [-0.25, -0.2) is 0 Å². The van der Waals surface area contributed by atoms with Gasteiger partial charge in [-0.2, -0.15) is 12.6 Å². The normalized spacial score (nSPS) is 12.5. The van der Waals surface area contributed by atoms with E-state index in [4.69, 9.17) is 0 Å². The van der Waals surface area contributed by atoms with Crippen LogP contribution in [-0.4, -0.2) is 5.75 Å². The van der Waals surface area contributed by atoms with Crippen LogP contribution in [0.4, 0.5) is 0 Å². The summed E-state index contributed by atoms with van der Waals surface area (Å²) in [4.78, 5) is 0. The lowest BCUT2D eigenvalue weighted by molar-refractivity contribution is 0.223. The van der Waals surface area contributed by atoms with Gasteiger partial charge < -0.3 is 0 Å². The van der Waals surface area contributed by atoms with Crippen molar-refractivity contribution in [1.82, 2.24) is 0 Å². The summed E-state index contributed by atoms with van der Waals surface area (Å²) in [6, 6.07) is 0.